The normalized spacial score (nSPS) is 16.7. The third-order valence-corrected chi connectivity index (χ3v) is 3.07. The summed E-state index contributed by atoms with van der Waals surface area (Å²) >= 11 is 1.71. The quantitative estimate of drug-likeness (QED) is 0.748. The first-order valence-electron chi connectivity index (χ1n) is 4.74. The Kier molecular flexibility index (Phi) is 2.64. The molecule has 1 aliphatic rings. The van der Waals surface area contributed by atoms with Gasteiger partial charge in [0.05, 0.1) is 5.69 Å². The minimum absolute atomic E-state index is 0.579. The van der Waals surface area contributed by atoms with Crippen LogP contribution in [0, 0.1) is 0 Å². The first-order chi connectivity index (χ1) is 6.38. The summed E-state index contributed by atoms with van der Waals surface area (Å²) in [6.07, 6.45) is 7.77. The smallest absolute Gasteiger partial charge is 0.183 e. The maximum atomic E-state index is 4.47. The molecule has 1 heterocycles. The van der Waals surface area contributed by atoms with Gasteiger partial charge in [0.2, 0.25) is 0 Å². The molecule has 2 rings (SSSR count). The third kappa shape index (κ3) is 2.10. The lowest BCUT2D eigenvalue weighted by Gasteiger charge is -2.09. The van der Waals surface area contributed by atoms with Gasteiger partial charge < -0.3 is 5.32 Å². The topological polar surface area (TPSA) is 24.9 Å². The lowest BCUT2D eigenvalue weighted by molar-refractivity contribution is 0.784. The number of anilines is 1. The van der Waals surface area contributed by atoms with E-state index >= 15 is 0 Å². The maximum absolute atomic E-state index is 4.47. The third-order valence-electron chi connectivity index (χ3n) is 2.25. The van der Waals surface area contributed by atoms with Gasteiger partial charge in [-0.05, 0) is 19.3 Å². The van der Waals surface area contributed by atoms with E-state index in [1.54, 1.807) is 11.3 Å². The summed E-state index contributed by atoms with van der Waals surface area (Å²) in [6, 6.07) is 0.579. The number of hydrogen-bond acceptors (Lipinski definition) is 3. The zero-order valence-electron chi connectivity index (χ0n) is 7.79. The second-order valence-electron chi connectivity index (χ2n) is 3.28. The van der Waals surface area contributed by atoms with E-state index in [0.29, 0.717) is 6.04 Å². The number of thiazole rings is 1. The van der Waals surface area contributed by atoms with Crippen LogP contribution in [0.1, 0.15) is 25.5 Å². The number of nitrogens with one attached hydrogen (secondary N) is 1. The second kappa shape index (κ2) is 3.92. The highest BCUT2D eigenvalue weighted by molar-refractivity contribution is 7.13. The van der Waals surface area contributed by atoms with Crippen LogP contribution in [0.5, 0.6) is 0 Å². The fourth-order valence-electron chi connectivity index (χ4n) is 1.45. The predicted octanol–water partition coefficient (Wildman–Crippen LogP) is 2.84. The lowest BCUT2D eigenvalue weighted by Crippen LogP contribution is -2.14. The molecule has 0 fully saturated rings. The summed E-state index contributed by atoms with van der Waals surface area (Å²) < 4.78 is 0. The number of aryl methyl sites for hydroxylation is 1. The van der Waals surface area contributed by atoms with Crippen LogP contribution in [-0.2, 0) is 6.42 Å². The van der Waals surface area contributed by atoms with Crippen molar-refractivity contribution in [1.29, 1.82) is 0 Å². The Morgan fingerprint density at radius 1 is 1.54 bits per heavy atom. The highest BCUT2D eigenvalue weighted by atomic mass is 32.1. The first-order valence-corrected chi connectivity index (χ1v) is 5.62. The number of rotatable bonds is 3. The summed E-state index contributed by atoms with van der Waals surface area (Å²) in [4.78, 5) is 4.47. The molecule has 2 nitrogen and oxygen atoms in total. The van der Waals surface area contributed by atoms with Gasteiger partial charge in [0.25, 0.3) is 0 Å². The number of nitrogens with zero attached hydrogens (tertiary/aromatic N) is 1. The van der Waals surface area contributed by atoms with E-state index in [1.165, 1.54) is 5.69 Å². The Balaban J connectivity index is 1.93. The monoisotopic (exact) mass is 194 g/mol. The van der Waals surface area contributed by atoms with E-state index in [9.17, 15) is 0 Å². The van der Waals surface area contributed by atoms with Crippen molar-refractivity contribution in [3.05, 3.63) is 23.2 Å². The van der Waals surface area contributed by atoms with E-state index in [4.69, 9.17) is 0 Å². The Labute approximate surface area is 82.7 Å². The summed E-state index contributed by atoms with van der Waals surface area (Å²) in [6.45, 7) is 2.13. The molecule has 70 valence electrons. The molecule has 0 radical (unpaired) electrons. The molecule has 0 amide bonds. The maximum Gasteiger partial charge on any atom is 0.183 e. The molecule has 0 bridgehead atoms. The fraction of sp³-hybridized carbons (Fsp3) is 0.500. The molecule has 0 unspecified atom stereocenters. The zero-order valence-corrected chi connectivity index (χ0v) is 8.60. The molecule has 1 aromatic rings. The largest absolute Gasteiger partial charge is 0.358 e. The van der Waals surface area contributed by atoms with E-state index in [0.717, 1.165) is 24.4 Å². The van der Waals surface area contributed by atoms with Crippen molar-refractivity contribution in [2.45, 2.75) is 32.2 Å². The Bertz CT molecular complexity index is 296. The van der Waals surface area contributed by atoms with Gasteiger partial charge in [0, 0.05) is 11.4 Å². The number of hydrogen-bond donors (Lipinski definition) is 1. The van der Waals surface area contributed by atoms with Crippen LogP contribution in [0.2, 0.25) is 0 Å². The molecule has 1 aromatic heterocycles. The van der Waals surface area contributed by atoms with Crippen molar-refractivity contribution >= 4 is 16.5 Å². The zero-order chi connectivity index (χ0) is 9.10. The van der Waals surface area contributed by atoms with Crippen LogP contribution < -0.4 is 5.32 Å². The van der Waals surface area contributed by atoms with Gasteiger partial charge in [-0.15, -0.1) is 11.3 Å². The summed E-state index contributed by atoms with van der Waals surface area (Å²) in [7, 11) is 0. The second-order valence-corrected chi connectivity index (χ2v) is 4.14. The van der Waals surface area contributed by atoms with Crippen LogP contribution >= 0.6 is 11.3 Å². The molecule has 1 N–H and O–H groups in total. The average molecular weight is 194 g/mol. The van der Waals surface area contributed by atoms with Gasteiger partial charge >= 0.3 is 0 Å². The van der Waals surface area contributed by atoms with Crippen molar-refractivity contribution in [1.82, 2.24) is 4.98 Å². The van der Waals surface area contributed by atoms with Crippen molar-refractivity contribution in [3.8, 4) is 0 Å². The van der Waals surface area contributed by atoms with E-state index in [1.807, 2.05) is 0 Å². The van der Waals surface area contributed by atoms with Crippen molar-refractivity contribution in [3.63, 3.8) is 0 Å². The number of aromatic nitrogens is 1. The predicted molar refractivity (Wildman–Crippen MR) is 57.3 cm³/mol. The first kappa shape index (κ1) is 8.75. The van der Waals surface area contributed by atoms with Crippen LogP contribution in [0.4, 0.5) is 5.13 Å². The molecular formula is C10H14N2S. The molecule has 3 heteroatoms. The van der Waals surface area contributed by atoms with Crippen LogP contribution in [-0.4, -0.2) is 11.0 Å². The van der Waals surface area contributed by atoms with Crippen molar-refractivity contribution in [2.24, 2.45) is 0 Å². The van der Waals surface area contributed by atoms with Gasteiger partial charge in [0.15, 0.2) is 5.13 Å². The molecule has 13 heavy (non-hydrogen) atoms. The van der Waals surface area contributed by atoms with E-state index < -0.39 is 0 Å². The molecule has 0 atom stereocenters. The molecule has 0 spiro atoms. The fourth-order valence-corrected chi connectivity index (χ4v) is 2.32. The standard InChI is InChI=1S/C10H14N2S/c1-2-8-7-13-10(11-8)12-9-5-3-4-6-9/h3-4,7,9H,2,5-6H2,1H3,(H,11,12). The van der Waals surface area contributed by atoms with Crippen LogP contribution in [0.3, 0.4) is 0 Å². The lowest BCUT2D eigenvalue weighted by atomic mass is 10.2. The minimum atomic E-state index is 0.579. The van der Waals surface area contributed by atoms with Gasteiger partial charge in [-0.3, -0.25) is 0 Å². The average Bonchev–Trinajstić information content (AvgIpc) is 2.76. The van der Waals surface area contributed by atoms with Crippen molar-refractivity contribution in [2.75, 3.05) is 5.32 Å². The van der Waals surface area contributed by atoms with Gasteiger partial charge in [-0.25, -0.2) is 4.98 Å². The van der Waals surface area contributed by atoms with E-state index in [-0.39, 0.29) is 0 Å². The van der Waals surface area contributed by atoms with Crippen molar-refractivity contribution < 1.29 is 0 Å². The Hall–Kier alpha value is -0.830. The highest BCUT2D eigenvalue weighted by Crippen LogP contribution is 2.20. The molecule has 0 aliphatic heterocycles. The summed E-state index contributed by atoms with van der Waals surface area (Å²) in [5, 5.41) is 6.64. The molecule has 0 saturated carbocycles. The van der Waals surface area contributed by atoms with Crippen LogP contribution in [0.25, 0.3) is 0 Å². The summed E-state index contributed by atoms with van der Waals surface area (Å²) in [5.74, 6) is 0. The molecule has 0 saturated heterocycles. The Morgan fingerprint density at radius 3 is 2.92 bits per heavy atom. The molecule has 0 aromatic carbocycles. The SMILES string of the molecule is CCc1csc(NC2CC=CC2)n1. The molecular weight excluding hydrogens is 180 g/mol. The highest BCUT2D eigenvalue weighted by Gasteiger charge is 2.11. The Morgan fingerprint density at radius 2 is 2.31 bits per heavy atom. The summed E-state index contributed by atoms with van der Waals surface area (Å²) in [5.41, 5.74) is 1.19. The molecule has 1 aliphatic carbocycles. The van der Waals surface area contributed by atoms with Gasteiger partial charge in [-0.2, -0.15) is 0 Å². The van der Waals surface area contributed by atoms with Gasteiger partial charge in [-0.1, -0.05) is 19.1 Å². The minimum Gasteiger partial charge on any atom is -0.358 e. The van der Waals surface area contributed by atoms with Gasteiger partial charge in [0.1, 0.15) is 0 Å². The van der Waals surface area contributed by atoms with Crippen LogP contribution in [0.15, 0.2) is 17.5 Å². The van der Waals surface area contributed by atoms with E-state index in [2.05, 4.69) is 34.8 Å².